The van der Waals surface area contributed by atoms with Gasteiger partial charge in [-0.15, -0.1) is 0 Å². The Hall–Kier alpha value is -2.48. The summed E-state index contributed by atoms with van der Waals surface area (Å²) in [4.78, 5) is 33.4. The van der Waals surface area contributed by atoms with Crippen LogP contribution in [-0.2, 0) is 15.9 Å². The Kier molecular flexibility index (Phi) is 5.30. The van der Waals surface area contributed by atoms with Gasteiger partial charge in [-0.1, -0.05) is 0 Å². The van der Waals surface area contributed by atoms with Crippen LogP contribution >= 0.6 is 0 Å². The molecule has 0 aromatic carbocycles. The molecule has 0 unspecified atom stereocenters. The van der Waals surface area contributed by atoms with Crippen molar-refractivity contribution >= 4 is 17.1 Å². The molecule has 3 aliphatic rings. The maximum absolute atomic E-state index is 14.7. The molecule has 0 radical (unpaired) electrons. The van der Waals surface area contributed by atoms with Crippen molar-refractivity contribution in [3.8, 4) is 0 Å². The third-order valence-electron chi connectivity index (χ3n) is 6.03. The van der Waals surface area contributed by atoms with Crippen LogP contribution in [0.25, 0.3) is 11.0 Å². The fourth-order valence-corrected chi connectivity index (χ4v) is 4.50. The Labute approximate surface area is 174 Å². The molecular formula is C22H28FN3O4. The zero-order valence-corrected chi connectivity index (χ0v) is 17.7. The van der Waals surface area contributed by atoms with Gasteiger partial charge in [0.05, 0.1) is 35.5 Å². The van der Waals surface area contributed by atoms with E-state index in [1.165, 1.54) is 6.07 Å². The molecule has 8 heteroatoms. The average molecular weight is 417 g/mol. The van der Waals surface area contributed by atoms with Gasteiger partial charge in [0.1, 0.15) is 11.4 Å². The van der Waals surface area contributed by atoms with E-state index < -0.39 is 23.1 Å². The van der Waals surface area contributed by atoms with E-state index in [2.05, 4.69) is 9.97 Å². The maximum Gasteiger partial charge on any atom is 0.410 e. The van der Waals surface area contributed by atoms with Crippen molar-refractivity contribution in [2.45, 2.75) is 70.1 Å². The third kappa shape index (κ3) is 4.05. The van der Waals surface area contributed by atoms with Crippen LogP contribution in [0.2, 0.25) is 0 Å². The van der Waals surface area contributed by atoms with Gasteiger partial charge < -0.3 is 14.5 Å². The number of nitrogens with one attached hydrogen (secondary N) is 1. The van der Waals surface area contributed by atoms with Crippen LogP contribution < -0.4 is 5.56 Å². The van der Waals surface area contributed by atoms with Crippen LogP contribution in [-0.4, -0.2) is 51.4 Å². The summed E-state index contributed by atoms with van der Waals surface area (Å²) in [6, 6.07) is 2.93. The second-order valence-corrected chi connectivity index (χ2v) is 9.28. The minimum atomic E-state index is -0.640. The van der Waals surface area contributed by atoms with Crippen LogP contribution in [0.15, 0.2) is 23.1 Å². The number of aromatic nitrogens is 2. The first-order valence-electron chi connectivity index (χ1n) is 10.5. The molecule has 0 spiro atoms. The number of aromatic amines is 1. The predicted molar refractivity (Wildman–Crippen MR) is 110 cm³/mol. The van der Waals surface area contributed by atoms with E-state index in [9.17, 15) is 14.0 Å². The molecule has 3 fully saturated rings. The van der Waals surface area contributed by atoms with Crippen LogP contribution in [0.1, 0.15) is 52.0 Å². The molecule has 1 amide bonds. The molecule has 2 saturated heterocycles. The Balaban J connectivity index is 1.65. The number of carbonyl (C=O) groups is 1. The van der Waals surface area contributed by atoms with E-state index in [1.54, 1.807) is 11.0 Å². The molecule has 1 N–H and O–H groups in total. The summed E-state index contributed by atoms with van der Waals surface area (Å²) in [5.74, 6) is -0.505. The number of H-pyrrole nitrogens is 1. The molecule has 162 valence electrons. The topological polar surface area (TPSA) is 84.5 Å². The number of carbonyl (C=O) groups excluding carboxylic acids is 1. The number of hydrogen-bond acceptors (Lipinski definition) is 5. The van der Waals surface area contributed by atoms with Gasteiger partial charge in [0, 0.05) is 18.2 Å². The molecule has 5 rings (SSSR count). The summed E-state index contributed by atoms with van der Waals surface area (Å²) >= 11 is 0. The predicted octanol–water partition coefficient (Wildman–Crippen LogP) is 3.55. The summed E-state index contributed by atoms with van der Waals surface area (Å²) in [6.45, 7) is 6.21. The minimum Gasteiger partial charge on any atom is -0.444 e. The van der Waals surface area contributed by atoms with Gasteiger partial charge in [-0.3, -0.25) is 14.7 Å². The Morgan fingerprint density at radius 1 is 1.37 bits per heavy atom. The van der Waals surface area contributed by atoms with Gasteiger partial charge in [0.25, 0.3) is 0 Å². The van der Waals surface area contributed by atoms with Gasteiger partial charge in [-0.2, -0.15) is 0 Å². The molecule has 2 aliphatic heterocycles. The smallest absolute Gasteiger partial charge is 0.410 e. The monoisotopic (exact) mass is 417 g/mol. The number of ether oxygens (including phenoxy) is 2. The minimum absolute atomic E-state index is 0.231. The quantitative estimate of drug-likeness (QED) is 0.822. The van der Waals surface area contributed by atoms with E-state index in [0.717, 1.165) is 31.9 Å². The van der Waals surface area contributed by atoms with Crippen molar-refractivity contribution in [2.24, 2.45) is 0 Å². The van der Waals surface area contributed by atoms with Gasteiger partial charge >= 0.3 is 6.09 Å². The van der Waals surface area contributed by atoms with Crippen LogP contribution in [0, 0.1) is 5.82 Å². The molecule has 0 atom stereocenters. The Morgan fingerprint density at radius 3 is 2.73 bits per heavy atom. The number of rotatable bonds is 4. The van der Waals surface area contributed by atoms with Gasteiger partial charge in [-0.25, -0.2) is 9.18 Å². The second-order valence-electron chi connectivity index (χ2n) is 9.28. The first-order valence-corrected chi connectivity index (χ1v) is 10.5. The van der Waals surface area contributed by atoms with Crippen molar-refractivity contribution < 1.29 is 18.7 Å². The highest BCUT2D eigenvalue weighted by molar-refractivity contribution is 5.77. The van der Waals surface area contributed by atoms with Crippen molar-refractivity contribution in [3.05, 3.63) is 40.1 Å². The van der Waals surface area contributed by atoms with Crippen LogP contribution in [0.5, 0.6) is 0 Å². The molecule has 7 nitrogen and oxygen atoms in total. The zero-order chi connectivity index (χ0) is 21.5. The third-order valence-corrected chi connectivity index (χ3v) is 6.03. The van der Waals surface area contributed by atoms with Crippen molar-refractivity contribution in [1.29, 1.82) is 0 Å². The van der Waals surface area contributed by atoms with Crippen molar-refractivity contribution in [3.63, 3.8) is 0 Å². The summed E-state index contributed by atoms with van der Waals surface area (Å²) in [6.07, 6.45) is 4.72. The maximum atomic E-state index is 14.7. The van der Waals surface area contributed by atoms with E-state index in [-0.39, 0.29) is 24.6 Å². The van der Waals surface area contributed by atoms with E-state index in [1.807, 2.05) is 20.8 Å². The summed E-state index contributed by atoms with van der Waals surface area (Å²) in [7, 11) is 0. The number of amides is 1. The van der Waals surface area contributed by atoms with Crippen molar-refractivity contribution in [2.75, 3.05) is 13.2 Å². The lowest BCUT2D eigenvalue weighted by Gasteiger charge is -2.52. The molecule has 30 heavy (non-hydrogen) atoms. The number of hydrogen-bond donors (Lipinski definition) is 1. The fourth-order valence-electron chi connectivity index (χ4n) is 4.50. The molecule has 2 bridgehead atoms. The van der Waals surface area contributed by atoms with Gasteiger partial charge in [0.15, 0.2) is 0 Å². The van der Waals surface area contributed by atoms with Gasteiger partial charge in [-0.05, 0) is 58.9 Å². The lowest BCUT2D eigenvalue weighted by Crippen LogP contribution is -2.61. The highest BCUT2D eigenvalue weighted by Crippen LogP contribution is 2.41. The molecule has 1 saturated carbocycles. The standard InChI is InChI=1S/C22H28FN3O4/c1-21(2,3)30-20(28)26(22-9-6-14(7-10-22)29-13-22)11-8-15-16(23)12-24-17-4-5-18(27)25-19(15)17/h4-5,12,14H,6-11,13H2,1-3H3,(H,25,27). The first-order chi connectivity index (χ1) is 14.2. The number of halogens is 1. The van der Waals surface area contributed by atoms with E-state index in [0.29, 0.717) is 23.2 Å². The molecule has 2 aromatic heterocycles. The summed E-state index contributed by atoms with van der Waals surface area (Å²) < 4.78 is 26.3. The lowest BCUT2D eigenvalue weighted by atomic mass is 9.77. The molecular weight excluding hydrogens is 389 g/mol. The molecule has 2 aromatic rings. The van der Waals surface area contributed by atoms with Gasteiger partial charge in [0.2, 0.25) is 5.56 Å². The number of nitrogens with zero attached hydrogens (tertiary/aromatic N) is 2. The highest BCUT2D eigenvalue weighted by Gasteiger charge is 2.48. The van der Waals surface area contributed by atoms with E-state index >= 15 is 0 Å². The van der Waals surface area contributed by atoms with E-state index in [4.69, 9.17) is 9.47 Å². The lowest BCUT2D eigenvalue weighted by molar-refractivity contribution is -0.132. The molecule has 4 heterocycles. The van der Waals surface area contributed by atoms with Crippen molar-refractivity contribution in [1.82, 2.24) is 14.9 Å². The zero-order valence-electron chi connectivity index (χ0n) is 17.7. The first kappa shape index (κ1) is 20.8. The normalized spacial score (nSPS) is 23.5. The summed E-state index contributed by atoms with van der Waals surface area (Å²) in [5, 5.41) is 0. The number of pyridine rings is 2. The number of fused-ring (bicyclic) bond motifs is 4. The van der Waals surface area contributed by atoms with Crippen LogP contribution in [0.3, 0.4) is 0 Å². The molecule has 1 aliphatic carbocycles. The fraction of sp³-hybridized carbons (Fsp3) is 0.591. The Morgan fingerprint density at radius 2 is 2.10 bits per heavy atom. The van der Waals surface area contributed by atoms with Crippen LogP contribution in [0.4, 0.5) is 9.18 Å². The highest BCUT2D eigenvalue weighted by atomic mass is 19.1. The summed E-state index contributed by atoms with van der Waals surface area (Å²) in [5.41, 5.74) is -0.185. The average Bonchev–Trinajstić information content (AvgIpc) is 2.69. The second kappa shape index (κ2) is 7.65. The Bertz CT molecular complexity index is 992. The SMILES string of the molecule is CC(C)(C)OC(=O)N(CCc1c(F)cnc2ccc(=O)[nH]c12)C12CCC(CC1)OC2. The largest absolute Gasteiger partial charge is 0.444 e.